The summed E-state index contributed by atoms with van der Waals surface area (Å²) in [5.74, 6) is 1.40. The van der Waals surface area contributed by atoms with Crippen LogP contribution in [0.4, 0.5) is 0 Å². The number of fused-ring (bicyclic) bond motifs is 1. The molecule has 1 N–H and O–H groups in total. The van der Waals surface area contributed by atoms with Crippen LogP contribution in [0, 0.1) is 13.8 Å². The summed E-state index contributed by atoms with van der Waals surface area (Å²) in [5.41, 5.74) is 17.8. The van der Waals surface area contributed by atoms with Crippen molar-refractivity contribution in [3.8, 4) is 67.5 Å². The highest BCUT2D eigenvalue weighted by Gasteiger charge is 2.25. The molecule has 290 valence electrons. The summed E-state index contributed by atoms with van der Waals surface area (Å²) in [6.07, 6.45) is 1.91. The third-order valence-electron chi connectivity index (χ3n) is 11.4. The normalized spacial score (nSPS) is 11.9. The number of aryl methyl sites for hydroxylation is 2. The summed E-state index contributed by atoms with van der Waals surface area (Å²) in [6.45, 7) is 19.7. The SMILES string of the molecule is Cc1ccc(-c2ccnc(-c3cc(-c4cccc5c4nc(-c4cc(C(C)C)cc(C(C)C)c4O)n5-c4cc(C)cc(-c5ccccc5)c4)cc(C(C)(C)C)c3)c2)cc1. The van der Waals surface area contributed by atoms with Crippen LogP contribution in [0.5, 0.6) is 5.75 Å². The highest BCUT2D eigenvalue weighted by atomic mass is 16.3. The molecule has 0 amide bonds. The third-order valence-corrected chi connectivity index (χ3v) is 11.4. The minimum atomic E-state index is -0.122. The predicted octanol–water partition coefficient (Wildman–Crippen LogP) is 14.6. The van der Waals surface area contributed by atoms with E-state index in [1.807, 2.05) is 6.20 Å². The van der Waals surface area contributed by atoms with Crippen LogP contribution in [0.25, 0.3) is 72.7 Å². The summed E-state index contributed by atoms with van der Waals surface area (Å²) in [6, 6.07) is 47.8. The van der Waals surface area contributed by atoms with Gasteiger partial charge in [-0.1, -0.05) is 139 Å². The van der Waals surface area contributed by atoms with Crippen molar-refractivity contribution in [2.75, 3.05) is 0 Å². The molecular weight excluding hydrogens is 707 g/mol. The van der Waals surface area contributed by atoms with Gasteiger partial charge in [0, 0.05) is 23.0 Å². The Morgan fingerprint density at radius 2 is 1.29 bits per heavy atom. The van der Waals surface area contributed by atoms with Crippen LogP contribution in [0.3, 0.4) is 0 Å². The van der Waals surface area contributed by atoms with Crippen LogP contribution in [-0.2, 0) is 5.41 Å². The van der Waals surface area contributed by atoms with E-state index < -0.39 is 0 Å². The lowest BCUT2D eigenvalue weighted by Crippen LogP contribution is -2.11. The van der Waals surface area contributed by atoms with E-state index in [-0.39, 0.29) is 23.0 Å². The molecule has 0 unspecified atom stereocenters. The van der Waals surface area contributed by atoms with Crippen molar-refractivity contribution in [2.45, 2.75) is 79.6 Å². The van der Waals surface area contributed by atoms with Crippen molar-refractivity contribution in [3.63, 3.8) is 0 Å². The van der Waals surface area contributed by atoms with Gasteiger partial charge in [-0.15, -0.1) is 0 Å². The molecule has 8 aromatic rings. The highest BCUT2D eigenvalue weighted by molar-refractivity contribution is 5.97. The van der Waals surface area contributed by atoms with Gasteiger partial charge in [-0.2, -0.15) is 0 Å². The topological polar surface area (TPSA) is 50.9 Å². The zero-order valence-electron chi connectivity index (χ0n) is 35.2. The molecule has 4 heteroatoms. The van der Waals surface area contributed by atoms with Gasteiger partial charge in [0.05, 0.1) is 22.3 Å². The fourth-order valence-electron chi connectivity index (χ4n) is 7.97. The largest absolute Gasteiger partial charge is 0.507 e. The molecule has 4 nitrogen and oxygen atoms in total. The third kappa shape index (κ3) is 7.47. The van der Waals surface area contributed by atoms with Gasteiger partial charge in [0.15, 0.2) is 0 Å². The van der Waals surface area contributed by atoms with E-state index in [2.05, 4.69) is 200 Å². The van der Waals surface area contributed by atoms with Crippen molar-refractivity contribution < 1.29 is 5.11 Å². The molecule has 2 heterocycles. The Morgan fingerprint density at radius 1 is 0.569 bits per heavy atom. The fraction of sp³-hybridized carbons (Fsp3) is 0.222. The number of para-hydroxylation sites is 1. The first-order chi connectivity index (χ1) is 27.7. The highest BCUT2D eigenvalue weighted by Crippen LogP contribution is 2.43. The Balaban J connectivity index is 1.40. The number of phenols is 1. The summed E-state index contributed by atoms with van der Waals surface area (Å²) in [7, 11) is 0. The molecule has 0 bridgehead atoms. The number of hydrogen-bond donors (Lipinski definition) is 1. The van der Waals surface area contributed by atoms with E-state index in [4.69, 9.17) is 9.97 Å². The van der Waals surface area contributed by atoms with Crippen LogP contribution in [-0.4, -0.2) is 19.6 Å². The number of imidazole rings is 1. The van der Waals surface area contributed by atoms with Crippen LogP contribution in [0.1, 0.15) is 88.1 Å². The Labute approximate surface area is 343 Å². The maximum atomic E-state index is 12.1. The van der Waals surface area contributed by atoms with Gasteiger partial charge >= 0.3 is 0 Å². The number of phenolic OH excluding ortho intramolecular Hbond substituents is 1. The Hall–Kier alpha value is -6.26. The van der Waals surface area contributed by atoms with Gasteiger partial charge in [0.25, 0.3) is 0 Å². The minimum Gasteiger partial charge on any atom is -0.507 e. The lowest BCUT2D eigenvalue weighted by molar-refractivity contribution is 0.466. The second kappa shape index (κ2) is 15.2. The average Bonchev–Trinajstić information content (AvgIpc) is 3.60. The molecule has 0 spiro atoms. The minimum absolute atomic E-state index is 0.122. The van der Waals surface area contributed by atoms with E-state index in [0.29, 0.717) is 5.82 Å². The number of benzene rings is 6. The van der Waals surface area contributed by atoms with Crippen molar-refractivity contribution in [1.82, 2.24) is 14.5 Å². The maximum absolute atomic E-state index is 12.1. The molecule has 0 atom stereocenters. The summed E-state index contributed by atoms with van der Waals surface area (Å²) < 4.78 is 2.25. The van der Waals surface area contributed by atoms with E-state index in [9.17, 15) is 5.11 Å². The van der Waals surface area contributed by atoms with Gasteiger partial charge in [0.2, 0.25) is 0 Å². The molecule has 0 aliphatic heterocycles. The van der Waals surface area contributed by atoms with Crippen molar-refractivity contribution >= 4 is 11.0 Å². The van der Waals surface area contributed by atoms with Crippen LogP contribution >= 0.6 is 0 Å². The van der Waals surface area contributed by atoms with Gasteiger partial charge in [-0.3, -0.25) is 9.55 Å². The number of pyridine rings is 1. The molecule has 58 heavy (non-hydrogen) atoms. The average molecular weight is 760 g/mol. The number of nitrogens with zero attached hydrogens (tertiary/aromatic N) is 3. The smallest absolute Gasteiger partial charge is 0.149 e. The Morgan fingerprint density at radius 3 is 2.00 bits per heavy atom. The molecule has 0 aliphatic carbocycles. The molecule has 0 aliphatic rings. The standard InChI is InChI=1S/C54H53N3O/c1-33(2)40-30-47(34(3)4)52(58)48(31-40)53-56-51-46(16-13-17-50(51)57(53)45-25-36(6)24-41(29-45)37-14-11-10-12-15-37)42-26-43(28-44(27-42)54(7,8)9)49-32-39(22-23-55-49)38-20-18-35(5)19-21-38/h10-34,58H,1-9H3. The maximum Gasteiger partial charge on any atom is 0.149 e. The zero-order valence-corrected chi connectivity index (χ0v) is 35.2. The van der Waals surface area contributed by atoms with Crippen LogP contribution < -0.4 is 0 Å². The van der Waals surface area contributed by atoms with E-state index in [1.54, 1.807) is 0 Å². The van der Waals surface area contributed by atoms with Crippen LogP contribution in [0.2, 0.25) is 0 Å². The van der Waals surface area contributed by atoms with Crippen molar-refractivity contribution in [3.05, 3.63) is 167 Å². The molecule has 0 saturated heterocycles. The fourth-order valence-corrected chi connectivity index (χ4v) is 7.97. The van der Waals surface area contributed by atoms with Gasteiger partial charge < -0.3 is 5.11 Å². The van der Waals surface area contributed by atoms with Gasteiger partial charge in [-0.05, 0) is 130 Å². The summed E-state index contributed by atoms with van der Waals surface area (Å²) in [4.78, 5) is 10.5. The lowest BCUT2D eigenvalue weighted by atomic mass is 9.83. The molecule has 0 radical (unpaired) electrons. The molecule has 6 aromatic carbocycles. The predicted molar refractivity (Wildman–Crippen MR) is 244 cm³/mol. The van der Waals surface area contributed by atoms with E-state index >= 15 is 0 Å². The van der Waals surface area contributed by atoms with E-state index in [1.165, 1.54) is 22.3 Å². The molecule has 0 fully saturated rings. The monoisotopic (exact) mass is 759 g/mol. The quantitative estimate of drug-likeness (QED) is 0.168. The molecule has 8 rings (SSSR count). The first-order valence-corrected chi connectivity index (χ1v) is 20.5. The van der Waals surface area contributed by atoms with Crippen molar-refractivity contribution in [2.24, 2.45) is 0 Å². The summed E-state index contributed by atoms with van der Waals surface area (Å²) >= 11 is 0. The number of hydrogen-bond acceptors (Lipinski definition) is 3. The second-order valence-electron chi connectivity index (χ2n) is 17.5. The summed E-state index contributed by atoms with van der Waals surface area (Å²) in [5, 5.41) is 12.1. The van der Waals surface area contributed by atoms with Crippen molar-refractivity contribution in [1.29, 1.82) is 0 Å². The number of aromatic hydroxyl groups is 1. The zero-order chi connectivity index (χ0) is 40.9. The molecular formula is C54H53N3O. The number of aromatic nitrogens is 3. The second-order valence-corrected chi connectivity index (χ2v) is 17.5. The Kier molecular flexibility index (Phi) is 10.1. The van der Waals surface area contributed by atoms with Gasteiger partial charge in [-0.25, -0.2) is 4.98 Å². The first-order valence-electron chi connectivity index (χ1n) is 20.5. The Bertz CT molecular complexity index is 2780. The van der Waals surface area contributed by atoms with Gasteiger partial charge in [0.1, 0.15) is 11.6 Å². The first kappa shape index (κ1) is 38.6. The lowest BCUT2D eigenvalue weighted by Gasteiger charge is -2.22. The molecule has 2 aromatic heterocycles. The number of rotatable bonds is 8. The molecule has 0 saturated carbocycles. The van der Waals surface area contributed by atoms with E-state index in [0.717, 1.165) is 72.5 Å². The van der Waals surface area contributed by atoms with Crippen LogP contribution in [0.15, 0.2) is 140 Å².